The highest BCUT2D eigenvalue weighted by Gasteiger charge is 2.17. The van der Waals surface area contributed by atoms with Crippen LogP contribution in [0.4, 0.5) is 4.39 Å². The van der Waals surface area contributed by atoms with Crippen molar-refractivity contribution in [3.05, 3.63) is 64.1 Å². The fourth-order valence-corrected chi connectivity index (χ4v) is 2.08. The lowest BCUT2D eigenvalue weighted by atomic mass is 9.93. The lowest BCUT2D eigenvalue weighted by molar-refractivity contribution is 0.0966. The molecular weight excluding hydrogens is 297 g/mol. The van der Waals surface area contributed by atoms with Gasteiger partial charge < -0.3 is 0 Å². The van der Waals surface area contributed by atoms with Crippen molar-refractivity contribution >= 4 is 21.7 Å². The van der Waals surface area contributed by atoms with Crippen LogP contribution in [0.25, 0.3) is 0 Å². The highest BCUT2D eigenvalue weighted by molar-refractivity contribution is 9.10. The van der Waals surface area contributed by atoms with E-state index < -0.39 is 0 Å². The van der Waals surface area contributed by atoms with Crippen LogP contribution in [-0.4, -0.2) is 10.8 Å². The molecule has 0 saturated carbocycles. The minimum absolute atomic E-state index is 0.0399. The second-order valence-corrected chi connectivity index (χ2v) is 4.85. The summed E-state index contributed by atoms with van der Waals surface area (Å²) in [5.74, 6) is -0.685. The first-order valence-electron chi connectivity index (χ1n) is 5.49. The number of carbonyl (C=O) groups excluding carboxylic acids is 1. The minimum atomic E-state index is -0.372. The molecule has 0 spiro atoms. The molecule has 0 radical (unpaired) electrons. The molecule has 0 aliphatic rings. The van der Waals surface area contributed by atoms with Gasteiger partial charge in [-0.2, -0.15) is 0 Å². The summed E-state index contributed by atoms with van der Waals surface area (Å²) in [5, 5.41) is 0. The number of hydrogen-bond donors (Lipinski definition) is 0. The average Bonchev–Trinajstić information content (AvgIpc) is 2.41. The molecule has 1 atom stereocenters. The van der Waals surface area contributed by atoms with Gasteiger partial charge in [0.25, 0.3) is 0 Å². The summed E-state index contributed by atoms with van der Waals surface area (Å²) in [4.78, 5) is 16.2. The summed E-state index contributed by atoms with van der Waals surface area (Å²) in [7, 11) is 0. The Labute approximate surface area is 113 Å². The molecule has 0 aliphatic heterocycles. The smallest absolute Gasteiger partial charge is 0.170 e. The Bertz CT molecular complexity index is 571. The summed E-state index contributed by atoms with van der Waals surface area (Å²) in [6.45, 7) is 1.83. The zero-order valence-electron chi connectivity index (χ0n) is 9.73. The standard InChI is InChI=1S/C14H11BrFNO/c1-9(10-4-6-17-7-5-10)14(18)11-2-3-13(16)12(15)8-11/h2-9H,1H3. The third-order valence-electron chi connectivity index (χ3n) is 2.80. The molecule has 0 bridgehead atoms. The van der Waals surface area contributed by atoms with Gasteiger partial charge >= 0.3 is 0 Å². The number of nitrogens with zero attached hydrogens (tertiary/aromatic N) is 1. The highest BCUT2D eigenvalue weighted by Crippen LogP contribution is 2.23. The Morgan fingerprint density at radius 3 is 2.56 bits per heavy atom. The van der Waals surface area contributed by atoms with E-state index in [0.717, 1.165) is 5.56 Å². The van der Waals surface area contributed by atoms with Gasteiger partial charge in [0.15, 0.2) is 5.78 Å². The number of rotatable bonds is 3. The Kier molecular flexibility index (Phi) is 3.87. The zero-order valence-corrected chi connectivity index (χ0v) is 11.3. The van der Waals surface area contributed by atoms with Gasteiger partial charge in [-0.05, 0) is 51.8 Å². The molecule has 0 N–H and O–H groups in total. The summed E-state index contributed by atoms with van der Waals surface area (Å²) in [6, 6.07) is 7.91. The Hall–Kier alpha value is -1.55. The predicted molar refractivity (Wildman–Crippen MR) is 71.1 cm³/mol. The maximum absolute atomic E-state index is 13.1. The molecule has 0 aliphatic carbocycles. The van der Waals surface area contributed by atoms with E-state index in [0.29, 0.717) is 10.0 Å². The third kappa shape index (κ3) is 2.64. The van der Waals surface area contributed by atoms with E-state index in [4.69, 9.17) is 0 Å². The summed E-state index contributed by atoms with van der Waals surface area (Å²) in [5.41, 5.74) is 1.39. The zero-order chi connectivity index (χ0) is 13.1. The molecule has 0 amide bonds. The Morgan fingerprint density at radius 2 is 1.94 bits per heavy atom. The maximum atomic E-state index is 13.1. The lowest BCUT2D eigenvalue weighted by Gasteiger charge is -2.11. The van der Waals surface area contributed by atoms with Crippen molar-refractivity contribution < 1.29 is 9.18 Å². The third-order valence-corrected chi connectivity index (χ3v) is 3.41. The second-order valence-electron chi connectivity index (χ2n) is 4.00. The van der Waals surface area contributed by atoms with Crippen LogP contribution in [0.15, 0.2) is 47.2 Å². The van der Waals surface area contributed by atoms with Gasteiger partial charge in [-0.15, -0.1) is 0 Å². The van der Waals surface area contributed by atoms with Crippen LogP contribution in [0, 0.1) is 5.82 Å². The van der Waals surface area contributed by atoms with Crippen molar-refractivity contribution in [1.29, 1.82) is 0 Å². The van der Waals surface area contributed by atoms with E-state index in [1.807, 2.05) is 6.92 Å². The van der Waals surface area contributed by atoms with Crippen molar-refractivity contribution in [3.8, 4) is 0 Å². The van der Waals surface area contributed by atoms with E-state index >= 15 is 0 Å². The highest BCUT2D eigenvalue weighted by atomic mass is 79.9. The van der Waals surface area contributed by atoms with Gasteiger partial charge in [-0.3, -0.25) is 9.78 Å². The molecule has 2 nitrogen and oxygen atoms in total. The van der Waals surface area contributed by atoms with Gasteiger partial charge in [0.1, 0.15) is 5.82 Å². The first-order chi connectivity index (χ1) is 8.59. The largest absolute Gasteiger partial charge is 0.294 e. The molecular formula is C14H11BrFNO. The predicted octanol–water partition coefficient (Wildman–Crippen LogP) is 3.97. The molecule has 1 heterocycles. The van der Waals surface area contributed by atoms with Crippen LogP contribution >= 0.6 is 15.9 Å². The van der Waals surface area contributed by atoms with Gasteiger partial charge in [0.05, 0.1) is 4.47 Å². The molecule has 1 aromatic heterocycles. The number of pyridine rings is 1. The van der Waals surface area contributed by atoms with Crippen LogP contribution in [0.2, 0.25) is 0 Å². The van der Waals surface area contributed by atoms with E-state index in [2.05, 4.69) is 20.9 Å². The fraction of sp³-hybridized carbons (Fsp3) is 0.143. The molecule has 2 aromatic rings. The number of hydrogen-bond acceptors (Lipinski definition) is 2. The SMILES string of the molecule is CC(C(=O)c1ccc(F)c(Br)c1)c1ccncc1. The monoisotopic (exact) mass is 307 g/mol. The van der Waals surface area contributed by atoms with Crippen molar-refractivity contribution in [2.45, 2.75) is 12.8 Å². The summed E-state index contributed by atoms with van der Waals surface area (Å²) >= 11 is 3.08. The summed E-state index contributed by atoms with van der Waals surface area (Å²) in [6.07, 6.45) is 3.30. The first kappa shape index (κ1) is 12.9. The lowest BCUT2D eigenvalue weighted by Crippen LogP contribution is -2.09. The van der Waals surface area contributed by atoms with Crippen LogP contribution in [0.3, 0.4) is 0 Å². The Balaban J connectivity index is 2.29. The van der Waals surface area contributed by atoms with Gasteiger partial charge in [-0.25, -0.2) is 4.39 Å². The van der Waals surface area contributed by atoms with Crippen molar-refractivity contribution in [2.75, 3.05) is 0 Å². The van der Waals surface area contributed by atoms with E-state index in [1.54, 1.807) is 24.5 Å². The van der Waals surface area contributed by atoms with E-state index in [1.165, 1.54) is 18.2 Å². The van der Waals surface area contributed by atoms with Gasteiger partial charge in [0, 0.05) is 23.9 Å². The quantitative estimate of drug-likeness (QED) is 0.803. The van der Waals surface area contributed by atoms with Crippen LogP contribution < -0.4 is 0 Å². The van der Waals surface area contributed by atoms with Gasteiger partial charge in [-0.1, -0.05) is 6.92 Å². The first-order valence-corrected chi connectivity index (χ1v) is 6.28. The second kappa shape index (κ2) is 5.40. The Morgan fingerprint density at radius 1 is 1.28 bits per heavy atom. The number of ketones is 1. The molecule has 1 unspecified atom stereocenters. The van der Waals surface area contributed by atoms with Crippen molar-refractivity contribution in [1.82, 2.24) is 4.98 Å². The molecule has 0 saturated heterocycles. The summed E-state index contributed by atoms with van der Waals surface area (Å²) < 4.78 is 13.4. The van der Waals surface area contributed by atoms with E-state index in [9.17, 15) is 9.18 Å². The number of aromatic nitrogens is 1. The van der Waals surface area contributed by atoms with Crippen LogP contribution in [0.1, 0.15) is 28.8 Å². The van der Waals surface area contributed by atoms with E-state index in [-0.39, 0.29) is 17.5 Å². The van der Waals surface area contributed by atoms with Crippen LogP contribution in [0.5, 0.6) is 0 Å². The molecule has 92 valence electrons. The van der Waals surface area contributed by atoms with Gasteiger partial charge in [0.2, 0.25) is 0 Å². The van der Waals surface area contributed by atoms with Crippen LogP contribution in [-0.2, 0) is 0 Å². The van der Waals surface area contributed by atoms with Crippen molar-refractivity contribution in [2.24, 2.45) is 0 Å². The number of halogens is 2. The minimum Gasteiger partial charge on any atom is -0.294 e. The fourth-order valence-electron chi connectivity index (χ4n) is 1.70. The number of Topliss-reactive ketones (excluding diaryl/α,β-unsaturated/α-hetero) is 1. The molecule has 1 aromatic carbocycles. The average molecular weight is 308 g/mol. The number of carbonyl (C=O) groups is 1. The normalized spacial score (nSPS) is 12.2. The molecule has 4 heteroatoms. The van der Waals surface area contributed by atoms with Crippen molar-refractivity contribution in [3.63, 3.8) is 0 Å². The molecule has 2 rings (SSSR count). The maximum Gasteiger partial charge on any atom is 0.170 e. The molecule has 0 fully saturated rings. The topological polar surface area (TPSA) is 30.0 Å². The number of benzene rings is 1. The molecule has 18 heavy (non-hydrogen) atoms.